The smallest absolute Gasteiger partial charge is 0.303 e. The Labute approximate surface area is 318 Å². The van der Waals surface area contributed by atoms with Crippen molar-refractivity contribution < 1.29 is 38.7 Å². The van der Waals surface area contributed by atoms with Crippen LogP contribution in [-0.2, 0) is 25.7 Å². The maximum absolute atomic E-state index is 13.3. The lowest BCUT2D eigenvalue weighted by Gasteiger charge is -2.27. The maximum Gasteiger partial charge on any atom is 0.303 e. The van der Waals surface area contributed by atoms with Crippen LogP contribution in [0.1, 0.15) is 68.9 Å². The van der Waals surface area contributed by atoms with E-state index < -0.39 is 53.5 Å². The molecule has 2 aromatic heterocycles. The number of rotatable bonds is 15. The molecule has 0 aliphatic carbocycles. The number of nitrogens with one attached hydrogen (secondary N) is 4. The molecule has 0 saturated carbocycles. The molecule has 20 heteroatoms. The first-order valence-corrected chi connectivity index (χ1v) is 17.6. The van der Waals surface area contributed by atoms with Gasteiger partial charge in [-0.2, -0.15) is 9.97 Å². The van der Waals surface area contributed by atoms with Crippen LogP contribution in [-0.4, -0.2) is 104 Å². The fourth-order valence-corrected chi connectivity index (χ4v) is 6.35. The van der Waals surface area contributed by atoms with Gasteiger partial charge in [0, 0.05) is 49.9 Å². The number of piperidine rings is 1. The minimum absolute atomic E-state index is 0.00256. The lowest BCUT2D eigenvalue weighted by molar-refractivity contribution is -0.138. The zero-order valence-electron chi connectivity index (χ0n) is 30.1. The molecule has 0 radical (unpaired) electrons. The normalized spacial score (nSPS) is 15.6. The number of hydrogen-bond acceptors (Lipinski definition) is 15. The van der Waals surface area contributed by atoms with Crippen LogP contribution in [0.5, 0.6) is 0 Å². The molecule has 2 aromatic carbocycles. The molecule has 2 atom stereocenters. The molecular weight excluding hydrogens is 728 g/mol. The van der Waals surface area contributed by atoms with E-state index in [1.54, 1.807) is 42.6 Å². The number of nitrogens with zero attached hydrogens (tertiary/aromatic N) is 6. The molecule has 0 spiro atoms. The third-order valence-corrected chi connectivity index (χ3v) is 9.18. The van der Waals surface area contributed by atoms with E-state index in [-0.39, 0.29) is 72.9 Å². The van der Waals surface area contributed by atoms with Crippen molar-refractivity contribution in [3.05, 3.63) is 71.0 Å². The number of carboxylic acids is 1. The third-order valence-electron chi connectivity index (χ3n) is 9.18. The van der Waals surface area contributed by atoms with Crippen molar-refractivity contribution >= 4 is 75.7 Å². The van der Waals surface area contributed by atoms with E-state index in [2.05, 4.69) is 41.2 Å². The Bertz CT molecular complexity index is 2250. The summed E-state index contributed by atoms with van der Waals surface area (Å²) in [6, 6.07) is 9.01. The van der Waals surface area contributed by atoms with E-state index in [0.29, 0.717) is 29.9 Å². The predicted octanol–water partition coefficient (Wildman–Crippen LogP) is 0.203. The van der Waals surface area contributed by atoms with E-state index in [4.69, 9.17) is 11.5 Å². The molecule has 0 bridgehead atoms. The van der Waals surface area contributed by atoms with Gasteiger partial charge in [-0.3, -0.25) is 43.8 Å². The second-order valence-electron chi connectivity index (χ2n) is 13.1. The molecule has 4 heterocycles. The highest BCUT2D eigenvalue weighted by Gasteiger charge is 2.45. The standard InChI is InChI=1S/C36H38N12O8/c1-47(17-19-16-41-30-28(42-19)29(37)45-36(38)46-30)20-8-6-18(7-9-20)31(52)43-23(10-13-26(50)51)32(53)40-15-3-14-39-22-5-2-4-21-27(22)35(56)48(34(21)55)24-11-12-25(49)44-33(24)54/h2,4-9,16,23-24,39H,3,10-15,17H2,1H3,(H,40,53)(H,43,52)(H,50,51)(H,44,49,54)(H4,37,38,41,45,46). The molecule has 6 amide bonds. The first-order valence-electron chi connectivity index (χ1n) is 17.6. The molecule has 20 nitrogen and oxygen atoms in total. The Morgan fingerprint density at radius 3 is 2.52 bits per heavy atom. The van der Waals surface area contributed by atoms with Gasteiger partial charge in [0.05, 0.1) is 29.6 Å². The molecule has 1 fully saturated rings. The van der Waals surface area contributed by atoms with Gasteiger partial charge in [-0.15, -0.1) is 0 Å². The van der Waals surface area contributed by atoms with E-state index in [0.717, 1.165) is 10.6 Å². The number of nitrogens with two attached hydrogens (primary N) is 2. The van der Waals surface area contributed by atoms with Crippen LogP contribution in [0.25, 0.3) is 11.2 Å². The number of benzene rings is 2. The van der Waals surface area contributed by atoms with E-state index >= 15 is 0 Å². The van der Waals surface area contributed by atoms with Gasteiger partial charge in [0.25, 0.3) is 17.7 Å². The molecule has 2 aliphatic rings. The topological polar surface area (TPSA) is 298 Å². The monoisotopic (exact) mass is 766 g/mol. The minimum atomic E-state index is -1.15. The van der Waals surface area contributed by atoms with Gasteiger partial charge in [0.15, 0.2) is 17.0 Å². The molecule has 9 N–H and O–H groups in total. The summed E-state index contributed by atoms with van der Waals surface area (Å²) >= 11 is 0. The fourth-order valence-electron chi connectivity index (χ4n) is 6.35. The molecule has 2 unspecified atom stereocenters. The summed E-state index contributed by atoms with van der Waals surface area (Å²) in [5, 5.41) is 19.9. The van der Waals surface area contributed by atoms with Gasteiger partial charge in [-0.05, 0) is 55.7 Å². The van der Waals surface area contributed by atoms with Gasteiger partial charge >= 0.3 is 5.97 Å². The number of carbonyl (C=O) groups is 7. The highest BCUT2D eigenvalue weighted by atomic mass is 16.4. The first-order chi connectivity index (χ1) is 26.8. The first kappa shape index (κ1) is 38.5. The lowest BCUT2D eigenvalue weighted by Crippen LogP contribution is -2.54. The zero-order valence-corrected chi connectivity index (χ0v) is 30.1. The van der Waals surface area contributed by atoms with E-state index in [9.17, 15) is 38.7 Å². The zero-order chi connectivity index (χ0) is 40.1. The summed E-state index contributed by atoms with van der Waals surface area (Å²) in [5.41, 5.74) is 14.3. The van der Waals surface area contributed by atoms with Gasteiger partial charge in [0.2, 0.25) is 23.7 Å². The average Bonchev–Trinajstić information content (AvgIpc) is 3.42. The summed E-state index contributed by atoms with van der Waals surface area (Å²) in [6.07, 6.45) is 1.41. The minimum Gasteiger partial charge on any atom is -0.481 e. The summed E-state index contributed by atoms with van der Waals surface area (Å²) < 4.78 is 0. The van der Waals surface area contributed by atoms with E-state index in [1.165, 1.54) is 6.07 Å². The highest BCUT2D eigenvalue weighted by molar-refractivity contribution is 6.25. The van der Waals surface area contributed by atoms with Crippen molar-refractivity contribution in [2.45, 2.75) is 50.7 Å². The Balaban J connectivity index is 1.01. The van der Waals surface area contributed by atoms with Gasteiger partial charge < -0.3 is 37.4 Å². The second-order valence-corrected chi connectivity index (χ2v) is 13.1. The molecule has 290 valence electrons. The maximum atomic E-state index is 13.3. The van der Waals surface area contributed by atoms with Crippen LogP contribution in [0, 0.1) is 0 Å². The molecule has 4 aromatic rings. The SMILES string of the molecule is CN(Cc1cnc2nc(N)nc(N)c2n1)c1ccc(C(=O)NC(CCC(=O)O)C(=O)NCCCNc2cccc3c2C(=O)N(C2CCC(=O)NC2=O)C3=O)cc1. The number of fused-ring (bicyclic) bond motifs is 2. The van der Waals surface area contributed by atoms with Crippen molar-refractivity contribution in [3.63, 3.8) is 0 Å². The molecule has 56 heavy (non-hydrogen) atoms. The van der Waals surface area contributed by atoms with Crippen molar-refractivity contribution in [3.8, 4) is 0 Å². The number of aliphatic carboxylic acids is 1. The Morgan fingerprint density at radius 2 is 1.79 bits per heavy atom. The number of carboxylic acid groups (broad SMARTS) is 1. The summed E-state index contributed by atoms with van der Waals surface area (Å²) in [6.45, 7) is 0.722. The molecule has 2 aliphatic heterocycles. The fraction of sp³-hybridized carbons (Fsp3) is 0.306. The number of nitrogen functional groups attached to an aromatic ring is 2. The van der Waals surface area contributed by atoms with Crippen LogP contribution in [0.3, 0.4) is 0 Å². The number of aromatic nitrogens is 4. The van der Waals surface area contributed by atoms with Crippen molar-refractivity contribution in [2.75, 3.05) is 41.8 Å². The Kier molecular flexibility index (Phi) is 11.3. The van der Waals surface area contributed by atoms with E-state index in [1.807, 2.05) is 11.9 Å². The number of anilines is 4. The summed E-state index contributed by atoms with van der Waals surface area (Å²) in [5.74, 6) is -4.65. The lowest BCUT2D eigenvalue weighted by atomic mass is 10.0. The number of hydrogen-bond donors (Lipinski definition) is 7. The van der Waals surface area contributed by atoms with Gasteiger partial charge in [-0.1, -0.05) is 6.07 Å². The summed E-state index contributed by atoms with van der Waals surface area (Å²) in [7, 11) is 1.82. The quantitative estimate of drug-likeness (QED) is 0.0628. The number of imide groups is 2. The van der Waals surface area contributed by atoms with Crippen molar-refractivity contribution in [1.29, 1.82) is 0 Å². The number of carbonyl (C=O) groups excluding carboxylic acids is 6. The van der Waals surface area contributed by atoms with Crippen molar-refractivity contribution in [1.82, 2.24) is 40.8 Å². The van der Waals surface area contributed by atoms with Gasteiger partial charge in [0.1, 0.15) is 12.1 Å². The number of amides is 6. The second kappa shape index (κ2) is 16.4. The molecule has 6 rings (SSSR count). The van der Waals surface area contributed by atoms with Gasteiger partial charge in [-0.25, -0.2) is 9.97 Å². The van der Waals surface area contributed by atoms with Crippen molar-refractivity contribution in [2.24, 2.45) is 0 Å². The molecular formula is C36H38N12O8. The van der Waals surface area contributed by atoms with Crippen LogP contribution in [0.15, 0.2) is 48.7 Å². The Morgan fingerprint density at radius 1 is 1.02 bits per heavy atom. The van der Waals surface area contributed by atoms with Crippen LogP contribution < -0.4 is 37.6 Å². The molecule has 1 saturated heterocycles. The third kappa shape index (κ3) is 8.43. The largest absolute Gasteiger partial charge is 0.481 e. The predicted molar refractivity (Wildman–Crippen MR) is 200 cm³/mol. The summed E-state index contributed by atoms with van der Waals surface area (Å²) in [4.78, 5) is 108. The average molecular weight is 767 g/mol. The van der Waals surface area contributed by atoms with Crippen LogP contribution in [0.4, 0.5) is 23.1 Å². The van der Waals surface area contributed by atoms with Crippen LogP contribution >= 0.6 is 0 Å². The Hall–Kier alpha value is -7.25. The van der Waals surface area contributed by atoms with Crippen LogP contribution in [0.2, 0.25) is 0 Å². The highest BCUT2D eigenvalue weighted by Crippen LogP contribution is 2.32.